The molecule has 0 aliphatic rings. The van der Waals surface area contributed by atoms with Crippen molar-refractivity contribution >= 4 is 40.6 Å². The van der Waals surface area contributed by atoms with Gasteiger partial charge in [0.25, 0.3) is 0 Å². The maximum atomic E-state index is 11.9. The van der Waals surface area contributed by atoms with E-state index in [1.165, 1.54) is 0 Å². The lowest BCUT2D eigenvalue weighted by molar-refractivity contribution is -0.115. The molecular formula is C16H16ClN3O2. The SMILES string of the molecule is CCC(=O)Nc1cccc(NC(=O)Nc2cccc(Cl)c2)c1. The molecule has 3 amide bonds. The number of hydrogen-bond acceptors (Lipinski definition) is 2. The van der Waals surface area contributed by atoms with Crippen LogP contribution < -0.4 is 16.0 Å². The van der Waals surface area contributed by atoms with Crippen LogP contribution in [-0.4, -0.2) is 11.9 Å². The van der Waals surface area contributed by atoms with Gasteiger partial charge in [0.05, 0.1) is 0 Å². The van der Waals surface area contributed by atoms with Crippen LogP contribution in [0.1, 0.15) is 13.3 Å². The summed E-state index contributed by atoms with van der Waals surface area (Å²) >= 11 is 5.86. The molecule has 114 valence electrons. The molecule has 0 unspecified atom stereocenters. The fraction of sp³-hybridized carbons (Fsp3) is 0.125. The van der Waals surface area contributed by atoms with Crippen LogP contribution in [0.25, 0.3) is 0 Å². The first-order valence-corrected chi connectivity index (χ1v) is 7.18. The van der Waals surface area contributed by atoms with Crippen LogP contribution in [0.3, 0.4) is 0 Å². The lowest BCUT2D eigenvalue weighted by atomic mass is 10.2. The minimum Gasteiger partial charge on any atom is -0.326 e. The van der Waals surface area contributed by atoms with Gasteiger partial charge in [0.1, 0.15) is 0 Å². The number of rotatable bonds is 4. The van der Waals surface area contributed by atoms with Crippen molar-refractivity contribution in [2.75, 3.05) is 16.0 Å². The van der Waals surface area contributed by atoms with E-state index in [2.05, 4.69) is 16.0 Å². The summed E-state index contributed by atoms with van der Waals surface area (Å²) in [4.78, 5) is 23.3. The molecule has 22 heavy (non-hydrogen) atoms. The van der Waals surface area contributed by atoms with Crippen LogP contribution in [0.4, 0.5) is 21.9 Å². The number of hydrogen-bond donors (Lipinski definition) is 3. The van der Waals surface area contributed by atoms with E-state index in [1.807, 2.05) is 0 Å². The normalized spacial score (nSPS) is 9.91. The Labute approximate surface area is 133 Å². The number of carbonyl (C=O) groups is 2. The molecule has 0 aliphatic carbocycles. The highest BCUT2D eigenvalue weighted by atomic mass is 35.5. The van der Waals surface area contributed by atoms with Gasteiger partial charge in [-0.2, -0.15) is 0 Å². The Kier molecular flexibility index (Phi) is 5.38. The monoisotopic (exact) mass is 317 g/mol. The van der Waals surface area contributed by atoms with Crippen molar-refractivity contribution in [3.63, 3.8) is 0 Å². The van der Waals surface area contributed by atoms with Gasteiger partial charge in [0.2, 0.25) is 5.91 Å². The summed E-state index contributed by atoms with van der Waals surface area (Å²) in [5.74, 6) is -0.0828. The molecular weight excluding hydrogens is 302 g/mol. The highest BCUT2D eigenvalue weighted by molar-refractivity contribution is 6.30. The number of anilines is 3. The molecule has 0 aliphatic heterocycles. The fourth-order valence-corrected chi connectivity index (χ4v) is 1.97. The molecule has 6 heteroatoms. The minimum absolute atomic E-state index is 0.0828. The lowest BCUT2D eigenvalue weighted by Crippen LogP contribution is -2.19. The molecule has 3 N–H and O–H groups in total. The molecule has 2 aromatic carbocycles. The summed E-state index contributed by atoms with van der Waals surface area (Å²) in [5.41, 5.74) is 1.81. The topological polar surface area (TPSA) is 70.2 Å². The third-order valence-corrected chi connectivity index (χ3v) is 3.04. The molecule has 5 nitrogen and oxygen atoms in total. The fourth-order valence-electron chi connectivity index (χ4n) is 1.78. The first-order valence-electron chi connectivity index (χ1n) is 6.80. The molecule has 0 saturated carbocycles. The zero-order valence-electron chi connectivity index (χ0n) is 12.0. The molecule has 0 radical (unpaired) electrons. The summed E-state index contributed by atoms with van der Waals surface area (Å²) in [6.07, 6.45) is 0.396. The van der Waals surface area contributed by atoms with Crippen LogP contribution in [0.5, 0.6) is 0 Å². The van der Waals surface area contributed by atoms with Crippen molar-refractivity contribution in [3.05, 3.63) is 53.6 Å². The van der Waals surface area contributed by atoms with Crippen LogP contribution in [-0.2, 0) is 4.79 Å². The van der Waals surface area contributed by atoms with E-state index in [0.29, 0.717) is 28.5 Å². The van der Waals surface area contributed by atoms with Gasteiger partial charge in [-0.05, 0) is 36.4 Å². The van der Waals surface area contributed by atoms with E-state index in [0.717, 1.165) is 0 Å². The number of halogens is 1. The van der Waals surface area contributed by atoms with Crippen LogP contribution in [0, 0.1) is 0 Å². The smallest absolute Gasteiger partial charge is 0.323 e. The van der Waals surface area contributed by atoms with Gasteiger partial charge < -0.3 is 16.0 Å². The molecule has 0 aromatic heterocycles. The maximum absolute atomic E-state index is 11.9. The molecule has 0 heterocycles. The molecule has 0 atom stereocenters. The van der Waals surface area contributed by atoms with Gasteiger partial charge >= 0.3 is 6.03 Å². The zero-order valence-corrected chi connectivity index (χ0v) is 12.8. The van der Waals surface area contributed by atoms with Crippen molar-refractivity contribution in [1.29, 1.82) is 0 Å². The molecule has 0 saturated heterocycles. The second-order valence-corrected chi connectivity index (χ2v) is 5.01. The second-order valence-electron chi connectivity index (χ2n) is 4.57. The van der Waals surface area contributed by atoms with Crippen LogP contribution >= 0.6 is 11.6 Å². The van der Waals surface area contributed by atoms with Gasteiger partial charge in [-0.1, -0.05) is 30.7 Å². The number of amides is 3. The van der Waals surface area contributed by atoms with E-state index in [9.17, 15) is 9.59 Å². The average Bonchev–Trinajstić information content (AvgIpc) is 2.47. The van der Waals surface area contributed by atoms with Crippen molar-refractivity contribution in [1.82, 2.24) is 0 Å². The average molecular weight is 318 g/mol. The van der Waals surface area contributed by atoms with Gasteiger partial charge in [0.15, 0.2) is 0 Å². The van der Waals surface area contributed by atoms with E-state index in [-0.39, 0.29) is 11.9 Å². The summed E-state index contributed by atoms with van der Waals surface area (Å²) in [6.45, 7) is 1.77. The molecule has 0 fully saturated rings. The zero-order chi connectivity index (χ0) is 15.9. The third kappa shape index (κ3) is 4.79. The first-order chi connectivity index (χ1) is 10.6. The Morgan fingerprint density at radius 3 is 2.05 bits per heavy atom. The summed E-state index contributed by atoms with van der Waals surface area (Å²) in [7, 11) is 0. The minimum atomic E-state index is -0.388. The van der Waals surface area contributed by atoms with Crippen LogP contribution in [0.15, 0.2) is 48.5 Å². The summed E-state index contributed by atoms with van der Waals surface area (Å²) < 4.78 is 0. The van der Waals surface area contributed by atoms with E-state index >= 15 is 0 Å². The summed E-state index contributed by atoms with van der Waals surface area (Å²) in [5, 5.41) is 8.66. The Balaban J connectivity index is 1.99. The lowest BCUT2D eigenvalue weighted by Gasteiger charge is -2.09. The van der Waals surface area contributed by atoms with Gasteiger partial charge in [0, 0.05) is 28.5 Å². The maximum Gasteiger partial charge on any atom is 0.323 e. The summed E-state index contributed by atoms with van der Waals surface area (Å²) in [6, 6.07) is 13.4. The molecule has 0 spiro atoms. The van der Waals surface area contributed by atoms with E-state index in [1.54, 1.807) is 55.5 Å². The van der Waals surface area contributed by atoms with Crippen molar-refractivity contribution in [3.8, 4) is 0 Å². The van der Waals surface area contributed by atoms with Gasteiger partial charge in [-0.3, -0.25) is 4.79 Å². The molecule has 2 rings (SSSR count). The van der Waals surface area contributed by atoms with Crippen molar-refractivity contribution < 1.29 is 9.59 Å². The second kappa shape index (κ2) is 7.47. The standard InChI is InChI=1S/C16H16ClN3O2/c1-2-15(21)18-13-7-4-8-14(10-13)20-16(22)19-12-6-3-5-11(17)9-12/h3-10H,2H2,1H3,(H,18,21)(H2,19,20,22). The quantitative estimate of drug-likeness (QED) is 0.785. The van der Waals surface area contributed by atoms with Crippen molar-refractivity contribution in [2.45, 2.75) is 13.3 Å². The highest BCUT2D eigenvalue weighted by Crippen LogP contribution is 2.17. The van der Waals surface area contributed by atoms with E-state index in [4.69, 9.17) is 11.6 Å². The Hall–Kier alpha value is -2.53. The molecule has 0 bridgehead atoms. The largest absolute Gasteiger partial charge is 0.326 e. The van der Waals surface area contributed by atoms with Crippen molar-refractivity contribution in [2.24, 2.45) is 0 Å². The number of carbonyl (C=O) groups excluding carboxylic acids is 2. The predicted molar refractivity (Wildman–Crippen MR) is 89.5 cm³/mol. The highest BCUT2D eigenvalue weighted by Gasteiger charge is 2.05. The Morgan fingerprint density at radius 1 is 0.909 bits per heavy atom. The number of benzene rings is 2. The Bertz CT molecular complexity index is 689. The first kappa shape index (κ1) is 15.9. The predicted octanol–water partition coefficient (Wildman–Crippen LogP) is 4.33. The number of nitrogens with one attached hydrogen (secondary N) is 3. The van der Waals surface area contributed by atoms with Gasteiger partial charge in [-0.15, -0.1) is 0 Å². The van der Waals surface area contributed by atoms with Gasteiger partial charge in [-0.25, -0.2) is 4.79 Å². The number of urea groups is 1. The van der Waals surface area contributed by atoms with Crippen LogP contribution in [0.2, 0.25) is 5.02 Å². The Morgan fingerprint density at radius 2 is 1.45 bits per heavy atom. The van der Waals surface area contributed by atoms with E-state index < -0.39 is 0 Å². The molecule has 2 aromatic rings. The third-order valence-electron chi connectivity index (χ3n) is 2.81.